The predicted molar refractivity (Wildman–Crippen MR) is 156 cm³/mol. The predicted octanol–water partition coefficient (Wildman–Crippen LogP) is 8.08. The number of nitrogens with one attached hydrogen (secondary N) is 2. The molecule has 0 amide bonds. The highest BCUT2D eigenvalue weighted by Crippen LogP contribution is 2.40. The fourth-order valence-electron chi connectivity index (χ4n) is 5.59. The fourth-order valence-corrected chi connectivity index (χ4v) is 5.59. The first-order valence-electron chi connectivity index (χ1n) is 14.0. The zero-order valence-electron chi connectivity index (χ0n) is 24.3. The maximum atomic E-state index is 14.4. The third-order valence-electron chi connectivity index (χ3n) is 7.35. The minimum absolute atomic E-state index is 0.0489. The Morgan fingerprint density at radius 3 is 2.38 bits per heavy atom. The van der Waals surface area contributed by atoms with Gasteiger partial charge in [0.15, 0.2) is 0 Å². The largest absolute Gasteiger partial charge is 0.361 e. The van der Waals surface area contributed by atoms with Gasteiger partial charge in [0.05, 0.1) is 22.8 Å². The number of hydrogen-bond donors (Lipinski definition) is 2. The SMILES string of the molecule is CCC=NC1=CC(c2ccc(C(CCC)(CCC)C(=O)C(C)C)c(C)c2)NC(Nc2ccc(F)nc2F)=C1C. The van der Waals surface area contributed by atoms with Gasteiger partial charge < -0.3 is 10.6 Å². The van der Waals surface area contributed by atoms with E-state index < -0.39 is 17.3 Å². The number of benzene rings is 1. The highest BCUT2D eigenvalue weighted by molar-refractivity contribution is 5.92. The number of hydrogen-bond acceptors (Lipinski definition) is 5. The van der Waals surface area contributed by atoms with Crippen LogP contribution in [0.25, 0.3) is 0 Å². The third-order valence-corrected chi connectivity index (χ3v) is 7.35. The van der Waals surface area contributed by atoms with E-state index in [2.05, 4.69) is 59.6 Å². The second-order valence-electron chi connectivity index (χ2n) is 10.7. The summed E-state index contributed by atoms with van der Waals surface area (Å²) in [6.45, 7) is 14.2. The van der Waals surface area contributed by atoms with Crippen LogP contribution < -0.4 is 10.6 Å². The molecular formula is C32H42F2N4O. The molecule has 39 heavy (non-hydrogen) atoms. The molecule has 1 aromatic carbocycles. The van der Waals surface area contributed by atoms with E-state index in [1.807, 2.05) is 40.0 Å². The molecule has 0 bridgehead atoms. The Bertz CT molecular complexity index is 1270. The van der Waals surface area contributed by atoms with Crippen LogP contribution in [0.2, 0.25) is 0 Å². The van der Waals surface area contributed by atoms with E-state index in [4.69, 9.17) is 0 Å². The number of aryl methyl sites for hydroxylation is 1. The van der Waals surface area contributed by atoms with Crippen LogP contribution in [0.4, 0.5) is 14.5 Å². The average molecular weight is 537 g/mol. The summed E-state index contributed by atoms with van der Waals surface area (Å²) in [5.74, 6) is -0.970. The minimum Gasteiger partial charge on any atom is -0.361 e. The number of anilines is 1. The molecule has 0 saturated carbocycles. The van der Waals surface area contributed by atoms with Gasteiger partial charge in [0, 0.05) is 17.7 Å². The highest BCUT2D eigenvalue weighted by atomic mass is 19.1. The van der Waals surface area contributed by atoms with Gasteiger partial charge in [-0.25, -0.2) is 0 Å². The summed E-state index contributed by atoms with van der Waals surface area (Å²) in [7, 11) is 0. The number of ketones is 1. The Kier molecular flexibility index (Phi) is 10.2. The molecule has 0 fully saturated rings. The zero-order valence-corrected chi connectivity index (χ0v) is 24.3. The number of nitrogens with zero attached hydrogens (tertiary/aromatic N) is 2. The van der Waals surface area contributed by atoms with Crippen molar-refractivity contribution < 1.29 is 13.6 Å². The molecule has 2 heterocycles. The Balaban J connectivity index is 2.04. The maximum absolute atomic E-state index is 14.4. The first-order valence-corrected chi connectivity index (χ1v) is 14.0. The van der Waals surface area contributed by atoms with Crippen molar-refractivity contribution in [2.45, 2.75) is 92.0 Å². The number of dihydropyridines is 1. The molecule has 1 atom stereocenters. The molecule has 3 rings (SSSR count). The van der Waals surface area contributed by atoms with Crippen LogP contribution in [0.5, 0.6) is 0 Å². The van der Waals surface area contributed by atoms with Gasteiger partial charge >= 0.3 is 0 Å². The van der Waals surface area contributed by atoms with Crippen molar-refractivity contribution in [2.24, 2.45) is 10.9 Å². The van der Waals surface area contributed by atoms with Crippen molar-refractivity contribution in [3.8, 4) is 0 Å². The lowest BCUT2D eigenvalue weighted by atomic mass is 9.66. The van der Waals surface area contributed by atoms with Crippen LogP contribution in [0, 0.1) is 24.7 Å². The molecule has 1 unspecified atom stereocenters. The lowest BCUT2D eigenvalue weighted by Crippen LogP contribution is -2.39. The highest BCUT2D eigenvalue weighted by Gasteiger charge is 2.40. The number of aliphatic imine (C=N–C) groups is 1. The summed E-state index contributed by atoms with van der Waals surface area (Å²) in [6, 6.07) is 8.51. The molecule has 5 nitrogen and oxygen atoms in total. The van der Waals surface area contributed by atoms with Gasteiger partial charge in [-0.15, -0.1) is 0 Å². The second kappa shape index (κ2) is 13.1. The summed E-state index contributed by atoms with van der Waals surface area (Å²) in [5.41, 5.74) is 4.32. The Labute approximate surface area is 231 Å². The van der Waals surface area contributed by atoms with Crippen molar-refractivity contribution in [3.05, 3.63) is 82.1 Å². The summed E-state index contributed by atoms with van der Waals surface area (Å²) < 4.78 is 27.7. The number of allylic oxidation sites excluding steroid dienone is 1. The van der Waals surface area contributed by atoms with Crippen molar-refractivity contribution >= 4 is 17.7 Å². The molecule has 210 valence electrons. The average Bonchev–Trinajstić information content (AvgIpc) is 2.89. The lowest BCUT2D eigenvalue weighted by molar-refractivity contribution is -0.128. The van der Waals surface area contributed by atoms with Crippen molar-refractivity contribution in [1.29, 1.82) is 0 Å². The molecule has 1 aliphatic heterocycles. The lowest BCUT2D eigenvalue weighted by Gasteiger charge is -2.36. The quantitative estimate of drug-likeness (QED) is 0.213. The minimum atomic E-state index is -0.917. The molecule has 2 N–H and O–H groups in total. The van der Waals surface area contributed by atoms with E-state index >= 15 is 0 Å². The first kappa shape index (κ1) is 30.2. The number of carbonyl (C=O) groups is 1. The van der Waals surface area contributed by atoms with Crippen LogP contribution in [0.3, 0.4) is 0 Å². The number of carbonyl (C=O) groups excluding carboxylic acids is 1. The molecule has 1 aliphatic rings. The number of halogens is 2. The van der Waals surface area contributed by atoms with Crippen LogP contribution in [0.1, 0.15) is 96.4 Å². The van der Waals surface area contributed by atoms with Gasteiger partial charge in [0.25, 0.3) is 0 Å². The van der Waals surface area contributed by atoms with Gasteiger partial charge in [-0.05, 0) is 68.0 Å². The van der Waals surface area contributed by atoms with Gasteiger partial charge in [0.1, 0.15) is 11.6 Å². The number of pyridine rings is 1. The van der Waals surface area contributed by atoms with E-state index in [-0.39, 0.29) is 17.6 Å². The van der Waals surface area contributed by atoms with Crippen molar-refractivity contribution in [3.63, 3.8) is 0 Å². The first-order chi connectivity index (χ1) is 18.6. The smallest absolute Gasteiger partial charge is 0.239 e. The molecule has 7 heteroatoms. The zero-order chi connectivity index (χ0) is 28.7. The molecule has 0 spiro atoms. The van der Waals surface area contributed by atoms with Gasteiger partial charge in [0.2, 0.25) is 11.9 Å². The van der Waals surface area contributed by atoms with Gasteiger partial charge in [-0.2, -0.15) is 13.8 Å². The number of aromatic nitrogens is 1. The van der Waals surface area contributed by atoms with E-state index in [9.17, 15) is 13.6 Å². The molecule has 0 aliphatic carbocycles. The third kappa shape index (κ3) is 6.63. The molecular weight excluding hydrogens is 494 g/mol. The molecule has 0 radical (unpaired) electrons. The van der Waals surface area contributed by atoms with E-state index in [0.717, 1.165) is 66.1 Å². The summed E-state index contributed by atoms with van der Waals surface area (Å²) in [4.78, 5) is 21.6. The second-order valence-corrected chi connectivity index (χ2v) is 10.7. The fraction of sp³-hybridized carbons (Fsp3) is 0.469. The normalized spacial score (nSPS) is 16.1. The number of Topliss-reactive ketones (excluding diaryl/α,β-unsaturated/α-hetero) is 1. The molecule has 2 aromatic rings. The van der Waals surface area contributed by atoms with Crippen LogP contribution >= 0.6 is 0 Å². The summed E-state index contributed by atoms with van der Waals surface area (Å²) in [5, 5.41) is 6.50. The standard InChI is InChI=1S/C32H42F2N4O/c1-8-15-32(16-9-2,29(39)20(4)5)24-12-11-23(18-21(24)6)27-19-26(35-17-10-3)22(7)31(37-27)36-25-13-14-28(33)38-30(25)34/h11-14,17-20,27,36-37H,8-10,15-16H2,1-7H3. The van der Waals surface area contributed by atoms with Crippen molar-refractivity contribution in [1.82, 2.24) is 10.3 Å². The summed E-state index contributed by atoms with van der Waals surface area (Å²) >= 11 is 0. The topological polar surface area (TPSA) is 66.4 Å². The van der Waals surface area contributed by atoms with Gasteiger partial charge in [-0.3, -0.25) is 9.79 Å². The van der Waals surface area contributed by atoms with Gasteiger partial charge in [-0.1, -0.05) is 65.7 Å². The van der Waals surface area contributed by atoms with E-state index in [1.165, 1.54) is 6.07 Å². The van der Waals surface area contributed by atoms with E-state index in [1.54, 1.807) is 0 Å². The summed E-state index contributed by atoms with van der Waals surface area (Å²) in [6.07, 6.45) is 8.16. The Hall–Kier alpha value is -3.35. The monoisotopic (exact) mass is 536 g/mol. The van der Waals surface area contributed by atoms with Crippen LogP contribution in [-0.2, 0) is 10.2 Å². The molecule has 0 saturated heterocycles. The Morgan fingerprint density at radius 1 is 1.13 bits per heavy atom. The Morgan fingerprint density at radius 2 is 1.82 bits per heavy atom. The van der Waals surface area contributed by atoms with Crippen molar-refractivity contribution in [2.75, 3.05) is 5.32 Å². The number of rotatable bonds is 12. The molecule has 1 aromatic heterocycles. The van der Waals surface area contributed by atoms with Crippen LogP contribution in [0.15, 0.2) is 58.5 Å². The van der Waals surface area contributed by atoms with E-state index in [0.29, 0.717) is 11.6 Å². The van der Waals surface area contributed by atoms with Crippen LogP contribution in [-0.4, -0.2) is 17.0 Å². The maximum Gasteiger partial charge on any atom is 0.239 e.